The van der Waals surface area contributed by atoms with Gasteiger partial charge in [-0.25, -0.2) is 9.37 Å². The van der Waals surface area contributed by atoms with Crippen molar-refractivity contribution in [1.82, 2.24) is 25.3 Å². The lowest BCUT2D eigenvalue weighted by Gasteiger charge is -2.08. The van der Waals surface area contributed by atoms with Crippen LogP contribution in [-0.4, -0.2) is 25.3 Å². The topological polar surface area (TPSA) is 83.4 Å². The van der Waals surface area contributed by atoms with Crippen molar-refractivity contribution in [2.24, 2.45) is 0 Å². The second kappa shape index (κ2) is 6.63. The molecule has 7 heteroatoms. The zero-order valence-electron chi connectivity index (χ0n) is 17.2. The lowest BCUT2D eigenvalue weighted by Crippen LogP contribution is -1.89. The number of halogens is 1. The minimum atomic E-state index is -0.269. The number of hydrogen-bond donors (Lipinski definition) is 2. The van der Waals surface area contributed by atoms with Gasteiger partial charge in [0.2, 0.25) is 0 Å². The van der Waals surface area contributed by atoms with E-state index in [1.54, 1.807) is 18.3 Å². The zero-order valence-corrected chi connectivity index (χ0v) is 17.2. The summed E-state index contributed by atoms with van der Waals surface area (Å²) in [5.41, 5.74) is 8.28. The van der Waals surface area contributed by atoms with Crippen molar-refractivity contribution in [2.45, 2.75) is 32.6 Å². The summed E-state index contributed by atoms with van der Waals surface area (Å²) in [7, 11) is 0. The van der Waals surface area contributed by atoms with Gasteiger partial charge in [-0.15, -0.1) is 0 Å². The van der Waals surface area contributed by atoms with Crippen molar-refractivity contribution in [3.63, 3.8) is 0 Å². The highest BCUT2D eigenvalue weighted by atomic mass is 19.1. The first kappa shape index (κ1) is 18.1. The maximum Gasteiger partial charge on any atom is 0.141 e. The Morgan fingerprint density at radius 3 is 2.55 bits per heavy atom. The van der Waals surface area contributed by atoms with Crippen LogP contribution in [0.2, 0.25) is 0 Å². The summed E-state index contributed by atoms with van der Waals surface area (Å²) in [4.78, 5) is 8.48. The maximum absolute atomic E-state index is 13.5. The van der Waals surface area contributed by atoms with Crippen LogP contribution in [0.4, 0.5) is 4.39 Å². The second-order valence-corrected chi connectivity index (χ2v) is 8.18. The molecular formula is C24H20FN5O. The zero-order chi connectivity index (χ0) is 21.1. The third-order valence-electron chi connectivity index (χ3n) is 5.95. The van der Waals surface area contributed by atoms with Crippen molar-refractivity contribution in [3.8, 4) is 33.5 Å². The van der Waals surface area contributed by atoms with Crippen LogP contribution >= 0.6 is 0 Å². The standard InChI is InChI=1S/C24H20FN5O/c1-12-21(13(2)31-30-12)16-9-18(23-20(10-16)27-24(28-23)15-3-4-15)19-11-26-29-22(19)14-5-7-17(25)8-6-14/h5-11,15H,3-4H2,1-2H3,(H,26,29)(H,27,28). The fourth-order valence-corrected chi connectivity index (χ4v) is 4.26. The highest BCUT2D eigenvalue weighted by Gasteiger charge is 2.28. The number of benzene rings is 2. The number of fused-ring (bicyclic) bond motifs is 1. The van der Waals surface area contributed by atoms with Gasteiger partial charge in [-0.05, 0) is 68.7 Å². The van der Waals surface area contributed by atoms with Gasteiger partial charge in [-0.2, -0.15) is 5.10 Å². The average molecular weight is 413 g/mol. The number of aromatic nitrogens is 5. The van der Waals surface area contributed by atoms with Crippen LogP contribution < -0.4 is 0 Å². The quantitative estimate of drug-likeness (QED) is 0.384. The Labute approximate surface area is 177 Å². The molecule has 31 heavy (non-hydrogen) atoms. The van der Waals surface area contributed by atoms with Crippen molar-refractivity contribution in [3.05, 3.63) is 65.7 Å². The number of H-pyrrole nitrogens is 2. The highest BCUT2D eigenvalue weighted by Crippen LogP contribution is 2.43. The number of imidazole rings is 1. The molecule has 0 radical (unpaired) electrons. The van der Waals surface area contributed by atoms with Crippen molar-refractivity contribution >= 4 is 11.0 Å². The second-order valence-electron chi connectivity index (χ2n) is 8.18. The highest BCUT2D eigenvalue weighted by molar-refractivity contribution is 5.99. The molecule has 0 spiro atoms. The SMILES string of the molecule is Cc1noc(C)c1-c1cc(-c2cn[nH]c2-c2ccc(F)cc2)c2nc(C3CC3)[nH]c2c1. The van der Waals surface area contributed by atoms with E-state index >= 15 is 0 Å². The summed E-state index contributed by atoms with van der Waals surface area (Å²) >= 11 is 0. The van der Waals surface area contributed by atoms with E-state index in [1.165, 1.54) is 25.0 Å². The molecule has 1 aliphatic carbocycles. The third kappa shape index (κ3) is 2.96. The first-order chi connectivity index (χ1) is 15.1. The molecule has 0 unspecified atom stereocenters. The van der Waals surface area contributed by atoms with Crippen LogP contribution in [0.5, 0.6) is 0 Å². The largest absolute Gasteiger partial charge is 0.361 e. The van der Waals surface area contributed by atoms with Gasteiger partial charge in [-0.1, -0.05) is 5.16 Å². The lowest BCUT2D eigenvalue weighted by molar-refractivity contribution is 0.393. The molecule has 1 saturated carbocycles. The van der Waals surface area contributed by atoms with E-state index in [0.29, 0.717) is 5.92 Å². The summed E-state index contributed by atoms with van der Waals surface area (Å²) in [5.74, 6) is 2.03. The van der Waals surface area contributed by atoms with Crippen LogP contribution in [0.15, 0.2) is 47.1 Å². The summed E-state index contributed by atoms with van der Waals surface area (Å²) in [6.07, 6.45) is 4.13. The minimum Gasteiger partial charge on any atom is -0.361 e. The van der Waals surface area contributed by atoms with Gasteiger partial charge in [0.25, 0.3) is 0 Å². The normalized spacial score (nSPS) is 13.9. The number of nitrogens with zero attached hydrogens (tertiary/aromatic N) is 3. The number of aryl methyl sites for hydroxylation is 2. The predicted octanol–water partition coefficient (Wildman–Crippen LogP) is 5.91. The van der Waals surface area contributed by atoms with Gasteiger partial charge in [0.05, 0.1) is 28.6 Å². The van der Waals surface area contributed by atoms with E-state index in [0.717, 1.165) is 61.8 Å². The van der Waals surface area contributed by atoms with Crippen LogP contribution in [0.1, 0.15) is 36.0 Å². The predicted molar refractivity (Wildman–Crippen MR) is 116 cm³/mol. The molecule has 6 rings (SSSR count). The maximum atomic E-state index is 13.5. The first-order valence-corrected chi connectivity index (χ1v) is 10.3. The summed E-state index contributed by atoms with van der Waals surface area (Å²) in [6.45, 7) is 3.86. The van der Waals surface area contributed by atoms with E-state index in [9.17, 15) is 4.39 Å². The summed E-state index contributed by atoms with van der Waals surface area (Å²) in [6, 6.07) is 10.6. The molecule has 3 aromatic heterocycles. The molecule has 2 N–H and O–H groups in total. The Balaban J connectivity index is 1.61. The fraction of sp³-hybridized carbons (Fsp3) is 0.208. The van der Waals surface area contributed by atoms with Crippen LogP contribution in [-0.2, 0) is 0 Å². The van der Waals surface area contributed by atoms with E-state index in [-0.39, 0.29) is 5.82 Å². The molecule has 2 aromatic carbocycles. The number of rotatable bonds is 4. The minimum absolute atomic E-state index is 0.269. The molecule has 6 nitrogen and oxygen atoms in total. The first-order valence-electron chi connectivity index (χ1n) is 10.3. The third-order valence-corrected chi connectivity index (χ3v) is 5.95. The van der Waals surface area contributed by atoms with Gasteiger partial charge in [-0.3, -0.25) is 5.10 Å². The monoisotopic (exact) mass is 413 g/mol. The van der Waals surface area contributed by atoms with Crippen LogP contribution in [0, 0.1) is 19.7 Å². The molecule has 1 aliphatic rings. The van der Waals surface area contributed by atoms with Gasteiger partial charge in [0, 0.05) is 28.2 Å². The van der Waals surface area contributed by atoms with Crippen LogP contribution in [0.3, 0.4) is 0 Å². The number of nitrogens with one attached hydrogen (secondary N) is 2. The molecule has 0 bridgehead atoms. The van der Waals surface area contributed by atoms with Crippen molar-refractivity contribution in [1.29, 1.82) is 0 Å². The van der Waals surface area contributed by atoms with Gasteiger partial charge in [0.1, 0.15) is 17.4 Å². The average Bonchev–Trinajstić information content (AvgIpc) is 3.18. The number of hydrogen-bond acceptors (Lipinski definition) is 4. The Morgan fingerprint density at radius 1 is 1.03 bits per heavy atom. The molecule has 154 valence electrons. The van der Waals surface area contributed by atoms with E-state index in [2.05, 4.69) is 32.5 Å². The lowest BCUT2D eigenvalue weighted by atomic mass is 9.95. The van der Waals surface area contributed by atoms with E-state index in [1.807, 2.05) is 13.8 Å². The van der Waals surface area contributed by atoms with Gasteiger partial charge >= 0.3 is 0 Å². The summed E-state index contributed by atoms with van der Waals surface area (Å²) in [5, 5.41) is 11.5. The Morgan fingerprint density at radius 2 is 1.84 bits per heavy atom. The molecule has 1 fully saturated rings. The van der Waals surface area contributed by atoms with Gasteiger partial charge in [0.15, 0.2) is 0 Å². The Bertz CT molecular complexity index is 1400. The van der Waals surface area contributed by atoms with Crippen LogP contribution in [0.25, 0.3) is 44.5 Å². The fourth-order valence-electron chi connectivity index (χ4n) is 4.26. The molecule has 0 amide bonds. The Hall–Kier alpha value is -3.74. The molecule has 0 saturated heterocycles. The number of aromatic amines is 2. The molecule has 0 atom stereocenters. The molecular weight excluding hydrogens is 393 g/mol. The Kier molecular flexibility index (Phi) is 3.86. The van der Waals surface area contributed by atoms with Crippen molar-refractivity contribution in [2.75, 3.05) is 0 Å². The van der Waals surface area contributed by atoms with Gasteiger partial charge < -0.3 is 9.51 Å². The van der Waals surface area contributed by atoms with E-state index < -0.39 is 0 Å². The van der Waals surface area contributed by atoms with Crippen molar-refractivity contribution < 1.29 is 8.91 Å². The molecule has 5 aromatic rings. The summed E-state index contributed by atoms with van der Waals surface area (Å²) < 4.78 is 18.9. The molecule has 0 aliphatic heterocycles. The molecule has 3 heterocycles. The smallest absolute Gasteiger partial charge is 0.141 e. The van der Waals surface area contributed by atoms with E-state index in [4.69, 9.17) is 9.51 Å².